The summed E-state index contributed by atoms with van der Waals surface area (Å²) >= 11 is 0. The minimum Gasteiger partial charge on any atom is -0.394 e. The van der Waals surface area contributed by atoms with Crippen LogP contribution in [0.25, 0.3) is 0 Å². The number of unbranched alkanes of at least 4 members (excludes halogenated alkanes) is 2. The van der Waals surface area contributed by atoms with E-state index in [4.69, 9.17) is 19.7 Å². The van der Waals surface area contributed by atoms with Gasteiger partial charge in [0, 0.05) is 13.2 Å². The van der Waals surface area contributed by atoms with Gasteiger partial charge in [0.25, 0.3) is 0 Å². The molecule has 0 rings (SSSR count). The Hall–Kier alpha value is -0.160. The first kappa shape index (κ1) is 19.2. The fourth-order valence-corrected chi connectivity index (χ4v) is 0.913. The van der Waals surface area contributed by atoms with Crippen molar-refractivity contribution < 1.29 is 19.7 Å². The van der Waals surface area contributed by atoms with Gasteiger partial charge < -0.3 is 19.7 Å². The minimum atomic E-state index is -0.318. The first-order valence-electron chi connectivity index (χ1n) is 6.63. The van der Waals surface area contributed by atoms with Gasteiger partial charge >= 0.3 is 0 Å². The van der Waals surface area contributed by atoms with Gasteiger partial charge in [0.1, 0.15) is 0 Å². The highest BCUT2D eigenvalue weighted by molar-refractivity contribution is 4.41. The lowest BCUT2D eigenvalue weighted by Crippen LogP contribution is -2.10. The average molecular weight is 250 g/mol. The number of hydrogen-bond acceptors (Lipinski definition) is 4. The molecule has 0 aliphatic rings. The third-order valence-corrected chi connectivity index (χ3v) is 1.88. The molecular weight excluding hydrogens is 220 g/mol. The molecule has 0 spiro atoms. The second-order valence-electron chi connectivity index (χ2n) is 3.97. The van der Waals surface area contributed by atoms with Crippen molar-refractivity contribution in [1.29, 1.82) is 0 Å². The molecule has 0 radical (unpaired) electrons. The summed E-state index contributed by atoms with van der Waals surface area (Å²) < 4.78 is 10.1. The van der Waals surface area contributed by atoms with E-state index in [1.807, 2.05) is 0 Å². The molecule has 0 amide bonds. The predicted molar refractivity (Wildman–Crippen MR) is 70.2 cm³/mol. The molecule has 4 heteroatoms. The smallest absolute Gasteiger partial charge is 0.0745 e. The zero-order chi connectivity index (χ0) is 13.4. The van der Waals surface area contributed by atoms with Crippen LogP contribution >= 0.6 is 0 Å². The number of rotatable bonds is 10. The fraction of sp³-hybridized carbons (Fsp3) is 1.00. The van der Waals surface area contributed by atoms with Gasteiger partial charge in [-0.1, -0.05) is 26.7 Å². The van der Waals surface area contributed by atoms with Crippen LogP contribution in [-0.4, -0.2) is 49.4 Å². The summed E-state index contributed by atoms with van der Waals surface area (Å²) in [6.07, 6.45) is 4.18. The van der Waals surface area contributed by atoms with Crippen molar-refractivity contribution in [2.24, 2.45) is 0 Å². The lowest BCUT2D eigenvalue weighted by Gasteiger charge is -2.03. The third-order valence-electron chi connectivity index (χ3n) is 1.88. The van der Waals surface area contributed by atoms with Crippen LogP contribution in [0.3, 0.4) is 0 Å². The summed E-state index contributed by atoms with van der Waals surface area (Å²) in [5.41, 5.74) is 0. The van der Waals surface area contributed by atoms with Gasteiger partial charge in [-0.15, -0.1) is 0 Å². The van der Waals surface area contributed by atoms with E-state index in [-0.39, 0.29) is 12.7 Å². The standard InChI is InChI=1S/C7H16O2.C6H14O2/c1-3-4-5-9-6-7(2)8;1-2-3-5-8-6-4-7/h7-8H,3-6H2,1-2H3;7H,2-6H2,1H3. The maximum absolute atomic E-state index is 8.73. The van der Waals surface area contributed by atoms with Crippen LogP contribution < -0.4 is 0 Å². The van der Waals surface area contributed by atoms with Crippen LogP contribution in [0.2, 0.25) is 0 Å². The third kappa shape index (κ3) is 25.8. The predicted octanol–water partition coefficient (Wildman–Crippen LogP) is 1.98. The van der Waals surface area contributed by atoms with Crippen molar-refractivity contribution >= 4 is 0 Å². The summed E-state index contributed by atoms with van der Waals surface area (Å²) in [5.74, 6) is 0. The molecule has 0 aromatic heterocycles. The minimum absolute atomic E-state index is 0.143. The van der Waals surface area contributed by atoms with Crippen LogP contribution in [0, 0.1) is 0 Å². The highest BCUT2D eigenvalue weighted by atomic mass is 16.5. The number of aliphatic hydroxyl groups excluding tert-OH is 2. The van der Waals surface area contributed by atoms with E-state index >= 15 is 0 Å². The van der Waals surface area contributed by atoms with Crippen LogP contribution in [0.15, 0.2) is 0 Å². The number of ether oxygens (including phenoxy) is 2. The maximum Gasteiger partial charge on any atom is 0.0745 e. The Morgan fingerprint density at radius 3 is 1.88 bits per heavy atom. The number of aliphatic hydroxyl groups is 2. The molecule has 1 unspecified atom stereocenters. The van der Waals surface area contributed by atoms with Crippen LogP contribution in [0.1, 0.15) is 46.5 Å². The molecule has 0 saturated heterocycles. The van der Waals surface area contributed by atoms with Gasteiger partial charge in [0.15, 0.2) is 0 Å². The molecule has 1 atom stereocenters. The summed E-state index contributed by atoms with van der Waals surface area (Å²) in [6.45, 7) is 8.63. The summed E-state index contributed by atoms with van der Waals surface area (Å²) in [4.78, 5) is 0. The normalized spacial score (nSPS) is 11.8. The first-order valence-corrected chi connectivity index (χ1v) is 6.63. The Kier molecular flexibility index (Phi) is 20.6. The molecule has 0 heterocycles. The van der Waals surface area contributed by atoms with Gasteiger partial charge in [0.2, 0.25) is 0 Å². The molecule has 0 aliphatic carbocycles. The molecular formula is C13H30O4. The van der Waals surface area contributed by atoms with Crippen molar-refractivity contribution in [2.75, 3.05) is 33.0 Å². The molecule has 0 aliphatic heterocycles. The van der Waals surface area contributed by atoms with Gasteiger partial charge in [-0.3, -0.25) is 0 Å². The van der Waals surface area contributed by atoms with Gasteiger partial charge in [-0.2, -0.15) is 0 Å². The molecule has 17 heavy (non-hydrogen) atoms. The summed E-state index contributed by atoms with van der Waals surface area (Å²) in [7, 11) is 0. The topological polar surface area (TPSA) is 58.9 Å². The van der Waals surface area contributed by atoms with Crippen molar-refractivity contribution in [3.05, 3.63) is 0 Å². The molecule has 2 N–H and O–H groups in total. The average Bonchev–Trinajstić information content (AvgIpc) is 2.31. The second-order valence-corrected chi connectivity index (χ2v) is 3.97. The highest BCUT2D eigenvalue weighted by Gasteiger charge is 1.92. The Morgan fingerprint density at radius 2 is 1.47 bits per heavy atom. The first-order chi connectivity index (χ1) is 8.18. The lowest BCUT2D eigenvalue weighted by atomic mass is 10.4. The van der Waals surface area contributed by atoms with Gasteiger partial charge in [-0.05, 0) is 19.8 Å². The molecule has 4 nitrogen and oxygen atoms in total. The quantitative estimate of drug-likeness (QED) is 0.582. The van der Waals surface area contributed by atoms with Gasteiger partial charge in [0.05, 0.1) is 25.9 Å². The second kappa shape index (κ2) is 18.2. The van der Waals surface area contributed by atoms with E-state index in [2.05, 4.69) is 13.8 Å². The summed E-state index contributed by atoms with van der Waals surface area (Å²) in [6, 6.07) is 0. The van der Waals surface area contributed by atoms with E-state index in [0.29, 0.717) is 13.2 Å². The zero-order valence-corrected chi connectivity index (χ0v) is 11.7. The van der Waals surface area contributed by atoms with Crippen LogP contribution in [0.5, 0.6) is 0 Å². The SMILES string of the molecule is CCCCOCC(C)O.CCCCOCCO. The monoisotopic (exact) mass is 250 g/mol. The summed E-state index contributed by atoms with van der Waals surface area (Å²) in [5, 5.41) is 17.0. The number of hydrogen-bond donors (Lipinski definition) is 2. The molecule has 106 valence electrons. The zero-order valence-electron chi connectivity index (χ0n) is 11.7. The van der Waals surface area contributed by atoms with E-state index in [0.717, 1.165) is 38.9 Å². The molecule has 0 bridgehead atoms. The Labute approximate surface area is 106 Å². The highest BCUT2D eigenvalue weighted by Crippen LogP contribution is 1.89. The maximum atomic E-state index is 8.73. The van der Waals surface area contributed by atoms with E-state index in [1.54, 1.807) is 6.92 Å². The van der Waals surface area contributed by atoms with Crippen LogP contribution in [0.4, 0.5) is 0 Å². The van der Waals surface area contributed by atoms with Crippen molar-refractivity contribution in [3.63, 3.8) is 0 Å². The fourth-order valence-electron chi connectivity index (χ4n) is 0.913. The van der Waals surface area contributed by atoms with Crippen molar-refractivity contribution in [1.82, 2.24) is 0 Å². The molecule has 0 fully saturated rings. The molecule has 0 aromatic carbocycles. The molecule has 0 aromatic rings. The van der Waals surface area contributed by atoms with Crippen molar-refractivity contribution in [2.45, 2.75) is 52.6 Å². The lowest BCUT2D eigenvalue weighted by molar-refractivity contribution is 0.0450. The van der Waals surface area contributed by atoms with E-state index in [9.17, 15) is 0 Å². The van der Waals surface area contributed by atoms with Crippen LogP contribution in [-0.2, 0) is 9.47 Å². The van der Waals surface area contributed by atoms with E-state index < -0.39 is 0 Å². The van der Waals surface area contributed by atoms with E-state index in [1.165, 1.54) is 0 Å². The van der Waals surface area contributed by atoms with Crippen molar-refractivity contribution in [3.8, 4) is 0 Å². The Morgan fingerprint density at radius 1 is 0.941 bits per heavy atom. The Balaban J connectivity index is 0. The Bertz CT molecular complexity index is 112. The van der Waals surface area contributed by atoms with Gasteiger partial charge in [-0.25, -0.2) is 0 Å². The molecule has 0 saturated carbocycles. The largest absolute Gasteiger partial charge is 0.394 e.